The zero-order valence-corrected chi connectivity index (χ0v) is 9.30. The number of thioether (sulfide) groups is 1. The number of carbonyl (C=O) groups is 2. The standard InChI is InChI=1S/C7H12ClN3O2S/c1-7(4-14-3-2-9-8)5(12)10-6(13)11-7/h9H,2-4H2,1H3,(H2,10,11,12,13)/t7-/m1/s1. The minimum absolute atomic E-state index is 0.270. The number of nitrogens with one attached hydrogen (secondary N) is 3. The lowest BCUT2D eigenvalue weighted by Crippen LogP contribution is -2.46. The Balaban J connectivity index is 2.35. The molecule has 1 rings (SSSR count). The van der Waals surface area contributed by atoms with E-state index in [1.165, 1.54) is 0 Å². The maximum atomic E-state index is 11.3. The van der Waals surface area contributed by atoms with E-state index in [1.54, 1.807) is 18.7 Å². The lowest BCUT2D eigenvalue weighted by Gasteiger charge is -2.19. The van der Waals surface area contributed by atoms with Crippen molar-refractivity contribution in [2.24, 2.45) is 0 Å². The number of halogens is 1. The molecule has 14 heavy (non-hydrogen) atoms. The second-order valence-electron chi connectivity index (χ2n) is 3.18. The maximum Gasteiger partial charge on any atom is 0.322 e. The summed E-state index contributed by atoms with van der Waals surface area (Å²) in [5.41, 5.74) is -0.784. The van der Waals surface area contributed by atoms with Crippen LogP contribution < -0.4 is 15.5 Å². The first-order valence-electron chi connectivity index (χ1n) is 4.13. The Morgan fingerprint density at radius 3 is 2.79 bits per heavy atom. The maximum absolute atomic E-state index is 11.3. The monoisotopic (exact) mass is 237 g/mol. The third-order valence-electron chi connectivity index (χ3n) is 1.85. The molecule has 3 amide bonds. The molecule has 80 valence electrons. The lowest BCUT2D eigenvalue weighted by molar-refractivity contribution is -0.122. The summed E-state index contributed by atoms with van der Waals surface area (Å²) in [5, 5.41) is 4.79. The van der Waals surface area contributed by atoms with Gasteiger partial charge in [0.2, 0.25) is 0 Å². The van der Waals surface area contributed by atoms with E-state index < -0.39 is 11.6 Å². The highest BCUT2D eigenvalue weighted by atomic mass is 35.5. The summed E-state index contributed by atoms with van der Waals surface area (Å²) in [6, 6.07) is -0.423. The van der Waals surface area contributed by atoms with Crippen LogP contribution in [0, 0.1) is 0 Å². The van der Waals surface area contributed by atoms with E-state index in [1.807, 2.05) is 0 Å². The molecule has 1 saturated heterocycles. The lowest BCUT2D eigenvalue weighted by atomic mass is 10.1. The van der Waals surface area contributed by atoms with Crippen molar-refractivity contribution in [1.29, 1.82) is 0 Å². The van der Waals surface area contributed by atoms with E-state index in [4.69, 9.17) is 11.8 Å². The highest BCUT2D eigenvalue weighted by Gasteiger charge is 2.41. The van der Waals surface area contributed by atoms with Crippen LogP contribution in [0.25, 0.3) is 0 Å². The first-order chi connectivity index (χ1) is 6.58. The topological polar surface area (TPSA) is 70.2 Å². The fourth-order valence-electron chi connectivity index (χ4n) is 1.07. The van der Waals surface area contributed by atoms with Gasteiger partial charge in [-0.1, -0.05) is 0 Å². The number of hydrogen-bond donors (Lipinski definition) is 3. The molecule has 7 heteroatoms. The van der Waals surface area contributed by atoms with Gasteiger partial charge in [-0.05, 0) is 18.7 Å². The Hall–Kier alpha value is -0.460. The summed E-state index contributed by atoms with van der Waals surface area (Å²) >= 11 is 6.83. The van der Waals surface area contributed by atoms with Gasteiger partial charge in [0, 0.05) is 18.1 Å². The summed E-state index contributed by atoms with van der Waals surface area (Å²) in [4.78, 5) is 24.7. The molecule has 0 spiro atoms. The quantitative estimate of drug-likeness (QED) is 0.359. The number of imide groups is 1. The predicted molar refractivity (Wildman–Crippen MR) is 56.3 cm³/mol. The fraction of sp³-hybridized carbons (Fsp3) is 0.714. The van der Waals surface area contributed by atoms with Crippen LogP contribution in [0.2, 0.25) is 0 Å². The third-order valence-corrected chi connectivity index (χ3v) is 3.31. The van der Waals surface area contributed by atoms with Crippen LogP contribution in [-0.2, 0) is 4.79 Å². The van der Waals surface area contributed by atoms with Crippen LogP contribution in [0.5, 0.6) is 0 Å². The summed E-state index contributed by atoms with van der Waals surface area (Å²) in [6.45, 7) is 2.37. The van der Waals surface area contributed by atoms with Crippen LogP contribution in [0.15, 0.2) is 0 Å². The number of urea groups is 1. The molecule has 1 atom stereocenters. The second kappa shape index (κ2) is 4.86. The normalized spacial score (nSPS) is 26.1. The molecular weight excluding hydrogens is 226 g/mol. The molecule has 0 aromatic heterocycles. The highest BCUT2D eigenvalue weighted by Crippen LogP contribution is 2.16. The minimum atomic E-state index is -0.784. The Bertz CT molecular complexity index is 251. The van der Waals surface area contributed by atoms with Gasteiger partial charge in [0.15, 0.2) is 0 Å². The van der Waals surface area contributed by atoms with Crippen molar-refractivity contribution in [3.63, 3.8) is 0 Å². The van der Waals surface area contributed by atoms with Gasteiger partial charge in [-0.3, -0.25) is 10.1 Å². The summed E-state index contributed by atoms with van der Waals surface area (Å²) in [6.07, 6.45) is 0. The summed E-state index contributed by atoms with van der Waals surface area (Å²) in [7, 11) is 0. The van der Waals surface area contributed by atoms with Crippen LogP contribution in [0.1, 0.15) is 6.92 Å². The smallest absolute Gasteiger partial charge is 0.322 e. The molecule has 3 N–H and O–H groups in total. The molecule has 0 radical (unpaired) electrons. The third kappa shape index (κ3) is 2.76. The molecule has 5 nitrogen and oxygen atoms in total. The van der Waals surface area contributed by atoms with Gasteiger partial charge in [0.25, 0.3) is 5.91 Å². The van der Waals surface area contributed by atoms with Gasteiger partial charge in [-0.15, -0.1) is 0 Å². The van der Waals surface area contributed by atoms with Crippen molar-refractivity contribution in [3.8, 4) is 0 Å². The second-order valence-corrected chi connectivity index (χ2v) is 4.55. The van der Waals surface area contributed by atoms with Crippen molar-refractivity contribution in [3.05, 3.63) is 0 Å². The number of hydrogen-bond acceptors (Lipinski definition) is 4. The van der Waals surface area contributed by atoms with Gasteiger partial charge < -0.3 is 5.32 Å². The average Bonchev–Trinajstić information content (AvgIpc) is 2.36. The molecule has 0 aromatic rings. The Kier molecular flexibility index (Phi) is 4.03. The Morgan fingerprint density at radius 2 is 2.29 bits per heavy atom. The molecule has 1 heterocycles. The Morgan fingerprint density at radius 1 is 1.57 bits per heavy atom. The van der Waals surface area contributed by atoms with E-state index in [9.17, 15) is 9.59 Å². The van der Waals surface area contributed by atoms with Crippen LogP contribution in [0.4, 0.5) is 4.79 Å². The number of amides is 3. The van der Waals surface area contributed by atoms with Gasteiger partial charge in [0.1, 0.15) is 5.54 Å². The van der Waals surface area contributed by atoms with Crippen molar-refractivity contribution >= 4 is 35.5 Å². The molecule has 0 unspecified atom stereocenters. The summed E-state index contributed by atoms with van der Waals surface area (Å²) in [5.74, 6) is 1.07. The zero-order valence-electron chi connectivity index (χ0n) is 7.72. The fourth-order valence-corrected chi connectivity index (χ4v) is 2.28. The van der Waals surface area contributed by atoms with Crippen molar-refractivity contribution in [2.45, 2.75) is 12.5 Å². The van der Waals surface area contributed by atoms with Crippen LogP contribution in [-0.4, -0.2) is 35.5 Å². The van der Waals surface area contributed by atoms with Gasteiger partial charge in [-0.25, -0.2) is 9.63 Å². The molecule has 0 aliphatic carbocycles. The molecule has 0 aromatic carbocycles. The largest absolute Gasteiger partial charge is 0.323 e. The van der Waals surface area contributed by atoms with Crippen LogP contribution >= 0.6 is 23.5 Å². The first kappa shape index (κ1) is 11.6. The van der Waals surface area contributed by atoms with Gasteiger partial charge >= 0.3 is 6.03 Å². The first-order valence-corrected chi connectivity index (χ1v) is 5.66. The van der Waals surface area contributed by atoms with E-state index >= 15 is 0 Å². The predicted octanol–water partition coefficient (Wildman–Crippen LogP) is 0.0611. The van der Waals surface area contributed by atoms with Gasteiger partial charge in [0.05, 0.1) is 0 Å². The number of rotatable bonds is 5. The molecule has 1 fully saturated rings. The van der Waals surface area contributed by atoms with E-state index in [0.717, 1.165) is 5.75 Å². The average molecular weight is 238 g/mol. The van der Waals surface area contributed by atoms with Crippen molar-refractivity contribution in [1.82, 2.24) is 15.5 Å². The van der Waals surface area contributed by atoms with Gasteiger partial charge in [-0.2, -0.15) is 11.8 Å². The molecule has 1 aliphatic rings. The highest BCUT2D eigenvalue weighted by molar-refractivity contribution is 7.99. The minimum Gasteiger partial charge on any atom is -0.323 e. The Labute approximate surface area is 91.4 Å². The summed E-state index contributed by atoms with van der Waals surface area (Å²) < 4.78 is 0. The number of carbonyl (C=O) groups excluding carboxylic acids is 2. The molecule has 1 aliphatic heterocycles. The molecular formula is C7H12ClN3O2S. The zero-order chi connectivity index (χ0) is 10.6. The molecule has 0 saturated carbocycles. The van der Waals surface area contributed by atoms with E-state index in [2.05, 4.69) is 15.5 Å². The van der Waals surface area contributed by atoms with E-state index in [-0.39, 0.29) is 5.91 Å². The van der Waals surface area contributed by atoms with Crippen molar-refractivity contribution < 1.29 is 9.59 Å². The molecule has 0 bridgehead atoms. The van der Waals surface area contributed by atoms with Crippen LogP contribution in [0.3, 0.4) is 0 Å². The SMILES string of the molecule is C[C@]1(CSCCNCl)NC(=O)NC1=O. The van der Waals surface area contributed by atoms with Crippen molar-refractivity contribution in [2.75, 3.05) is 18.1 Å². The van der Waals surface area contributed by atoms with E-state index in [0.29, 0.717) is 12.3 Å².